The first-order chi connectivity index (χ1) is 14.5. The molecule has 0 spiro atoms. The number of imide groups is 1. The van der Waals surface area contributed by atoms with Crippen molar-refractivity contribution in [3.05, 3.63) is 59.1 Å². The van der Waals surface area contributed by atoms with E-state index in [1.54, 1.807) is 12.1 Å². The highest BCUT2D eigenvalue weighted by Gasteiger charge is 2.18. The number of benzene rings is 2. The third-order valence-electron chi connectivity index (χ3n) is 4.15. The number of rotatable bonds is 7. The summed E-state index contributed by atoms with van der Waals surface area (Å²) in [5, 5.41) is 14.7. The maximum atomic E-state index is 12.1. The second kappa shape index (κ2) is 10.3. The predicted octanol–water partition coefficient (Wildman–Crippen LogP) is 4.22. The number of nitrogens with one attached hydrogen (secondary N) is 2. The summed E-state index contributed by atoms with van der Waals surface area (Å²) in [6, 6.07) is 14.8. The fraction of sp³-hybridized carbons (Fsp3) is 0.238. The molecule has 0 radical (unpaired) electrons. The summed E-state index contributed by atoms with van der Waals surface area (Å²) in [5.74, 6) is 0.267. The minimum absolute atomic E-state index is 0.0319. The van der Waals surface area contributed by atoms with Gasteiger partial charge in [-0.05, 0) is 49.7 Å². The van der Waals surface area contributed by atoms with Crippen LogP contribution in [-0.4, -0.2) is 39.0 Å². The molecule has 2 N–H and O–H groups in total. The highest BCUT2D eigenvalue weighted by Crippen LogP contribution is 2.28. The Kier molecular flexibility index (Phi) is 7.48. The molecule has 0 saturated carbocycles. The van der Waals surface area contributed by atoms with Crippen LogP contribution in [0.3, 0.4) is 0 Å². The van der Waals surface area contributed by atoms with Gasteiger partial charge >= 0.3 is 6.03 Å². The van der Waals surface area contributed by atoms with Crippen molar-refractivity contribution in [2.45, 2.75) is 25.4 Å². The number of halogens is 1. The summed E-state index contributed by atoms with van der Waals surface area (Å²) in [6.07, 6.45) is 0.795. The van der Waals surface area contributed by atoms with Gasteiger partial charge in [-0.25, -0.2) is 4.79 Å². The van der Waals surface area contributed by atoms with Crippen molar-refractivity contribution >= 4 is 35.3 Å². The molecule has 0 aliphatic rings. The quantitative estimate of drug-likeness (QED) is 0.533. The minimum atomic E-state index is -0.496. The Balaban J connectivity index is 1.84. The van der Waals surface area contributed by atoms with Gasteiger partial charge in [0.1, 0.15) is 0 Å². The second-order valence-corrected chi connectivity index (χ2v) is 7.96. The van der Waals surface area contributed by atoms with E-state index in [-0.39, 0.29) is 5.75 Å². The Bertz CT molecular complexity index is 1020. The molecule has 1 heterocycles. The Hall–Kier alpha value is -2.84. The summed E-state index contributed by atoms with van der Waals surface area (Å²) < 4.78 is 1.89. The molecule has 0 atom stereocenters. The van der Waals surface area contributed by atoms with E-state index in [4.69, 9.17) is 11.6 Å². The molecule has 0 aliphatic carbocycles. The van der Waals surface area contributed by atoms with Gasteiger partial charge in [-0.2, -0.15) is 0 Å². The van der Waals surface area contributed by atoms with Crippen molar-refractivity contribution in [2.75, 3.05) is 12.3 Å². The van der Waals surface area contributed by atoms with Gasteiger partial charge in [0, 0.05) is 22.8 Å². The Morgan fingerprint density at radius 1 is 1.07 bits per heavy atom. The van der Waals surface area contributed by atoms with Gasteiger partial charge in [-0.3, -0.25) is 14.7 Å². The molecular formula is C21H22ClN5O2S. The van der Waals surface area contributed by atoms with Crippen molar-refractivity contribution in [1.82, 2.24) is 25.4 Å². The maximum absolute atomic E-state index is 12.1. The fourth-order valence-corrected chi connectivity index (χ4v) is 3.53. The molecule has 30 heavy (non-hydrogen) atoms. The van der Waals surface area contributed by atoms with Gasteiger partial charge in [-0.1, -0.05) is 48.0 Å². The van der Waals surface area contributed by atoms with Crippen molar-refractivity contribution in [3.8, 4) is 17.1 Å². The Labute approximate surface area is 184 Å². The monoisotopic (exact) mass is 443 g/mol. The zero-order chi connectivity index (χ0) is 21.5. The average molecular weight is 444 g/mol. The number of aryl methyl sites for hydroxylation is 1. The van der Waals surface area contributed by atoms with Gasteiger partial charge in [0.15, 0.2) is 11.0 Å². The second-order valence-electron chi connectivity index (χ2n) is 6.58. The predicted molar refractivity (Wildman–Crippen MR) is 119 cm³/mol. The normalized spacial score (nSPS) is 10.6. The molecule has 9 heteroatoms. The van der Waals surface area contributed by atoms with E-state index in [2.05, 4.69) is 20.8 Å². The third-order valence-corrected chi connectivity index (χ3v) is 5.33. The molecule has 0 aliphatic heterocycles. The number of amides is 3. The minimum Gasteiger partial charge on any atom is -0.338 e. The average Bonchev–Trinajstić information content (AvgIpc) is 3.16. The van der Waals surface area contributed by atoms with E-state index in [1.165, 1.54) is 11.8 Å². The maximum Gasteiger partial charge on any atom is 0.321 e. The van der Waals surface area contributed by atoms with Crippen molar-refractivity contribution < 1.29 is 9.59 Å². The van der Waals surface area contributed by atoms with E-state index in [0.29, 0.717) is 22.5 Å². The molecule has 156 valence electrons. The number of carbonyl (C=O) groups is 2. The first-order valence-corrected chi connectivity index (χ1v) is 10.8. The lowest BCUT2D eigenvalue weighted by Crippen LogP contribution is -2.40. The zero-order valence-corrected chi connectivity index (χ0v) is 18.3. The third kappa shape index (κ3) is 5.61. The summed E-state index contributed by atoms with van der Waals surface area (Å²) in [5.41, 5.74) is 2.86. The molecular weight excluding hydrogens is 422 g/mol. The van der Waals surface area contributed by atoms with Crippen LogP contribution in [0.1, 0.15) is 18.9 Å². The number of carbonyl (C=O) groups excluding carboxylic acids is 2. The van der Waals surface area contributed by atoms with Crippen LogP contribution < -0.4 is 10.6 Å². The Morgan fingerprint density at radius 3 is 2.43 bits per heavy atom. The largest absolute Gasteiger partial charge is 0.338 e. The van der Waals surface area contributed by atoms with Gasteiger partial charge in [0.05, 0.1) is 5.75 Å². The lowest BCUT2D eigenvalue weighted by atomic mass is 10.2. The standard InChI is InChI=1S/C21H22ClN5O2S/c1-3-12-23-20(29)24-18(28)13-30-21-26-25-19(15-6-8-16(22)9-7-15)27(21)17-10-4-14(2)5-11-17/h4-11H,3,12-13H2,1-2H3,(H2,23,24,28,29). The molecule has 3 amide bonds. The first kappa shape index (κ1) is 21.9. The molecule has 1 aromatic heterocycles. The van der Waals surface area contributed by atoms with Crippen LogP contribution in [0.2, 0.25) is 5.02 Å². The van der Waals surface area contributed by atoms with Crippen molar-refractivity contribution in [1.29, 1.82) is 0 Å². The molecule has 0 fully saturated rings. The van der Waals surface area contributed by atoms with E-state index < -0.39 is 11.9 Å². The van der Waals surface area contributed by atoms with Crippen molar-refractivity contribution in [3.63, 3.8) is 0 Å². The van der Waals surface area contributed by atoms with Gasteiger partial charge in [-0.15, -0.1) is 10.2 Å². The fourth-order valence-electron chi connectivity index (χ4n) is 2.65. The summed E-state index contributed by atoms with van der Waals surface area (Å²) >= 11 is 7.22. The summed E-state index contributed by atoms with van der Waals surface area (Å²) in [7, 11) is 0. The van der Waals surface area contributed by atoms with Gasteiger partial charge < -0.3 is 5.32 Å². The summed E-state index contributed by atoms with van der Waals surface area (Å²) in [6.45, 7) is 4.46. The van der Waals surface area contributed by atoms with E-state index in [0.717, 1.165) is 23.2 Å². The number of hydrogen-bond acceptors (Lipinski definition) is 5. The number of nitrogens with zero attached hydrogens (tertiary/aromatic N) is 3. The SMILES string of the molecule is CCCNC(=O)NC(=O)CSc1nnc(-c2ccc(Cl)cc2)n1-c1ccc(C)cc1. The van der Waals surface area contributed by atoms with Crippen LogP contribution in [0.15, 0.2) is 53.7 Å². The van der Waals surface area contributed by atoms with E-state index in [9.17, 15) is 9.59 Å². The smallest absolute Gasteiger partial charge is 0.321 e. The van der Waals surface area contributed by atoms with Crippen LogP contribution in [-0.2, 0) is 4.79 Å². The molecule has 3 aromatic rings. The molecule has 0 saturated heterocycles. The van der Waals surface area contributed by atoms with Crippen LogP contribution in [0, 0.1) is 6.92 Å². The topological polar surface area (TPSA) is 88.9 Å². The number of hydrogen-bond donors (Lipinski definition) is 2. The van der Waals surface area contributed by atoms with Gasteiger partial charge in [0.25, 0.3) is 0 Å². The first-order valence-electron chi connectivity index (χ1n) is 9.47. The van der Waals surface area contributed by atoms with Crippen LogP contribution in [0.4, 0.5) is 4.79 Å². The Morgan fingerprint density at radius 2 is 1.77 bits per heavy atom. The molecule has 7 nitrogen and oxygen atoms in total. The molecule has 0 unspecified atom stereocenters. The molecule has 2 aromatic carbocycles. The number of aromatic nitrogens is 3. The lowest BCUT2D eigenvalue weighted by molar-refractivity contribution is -0.117. The van der Waals surface area contributed by atoms with E-state index in [1.807, 2.05) is 54.8 Å². The highest BCUT2D eigenvalue weighted by atomic mass is 35.5. The highest BCUT2D eigenvalue weighted by molar-refractivity contribution is 7.99. The number of urea groups is 1. The van der Waals surface area contributed by atoms with Crippen LogP contribution >= 0.6 is 23.4 Å². The lowest BCUT2D eigenvalue weighted by Gasteiger charge is -2.11. The van der Waals surface area contributed by atoms with Gasteiger partial charge in [0.2, 0.25) is 5.91 Å². The van der Waals surface area contributed by atoms with Crippen molar-refractivity contribution in [2.24, 2.45) is 0 Å². The summed E-state index contributed by atoms with van der Waals surface area (Å²) in [4.78, 5) is 23.8. The van der Waals surface area contributed by atoms with Crippen LogP contribution in [0.25, 0.3) is 17.1 Å². The zero-order valence-electron chi connectivity index (χ0n) is 16.7. The van der Waals surface area contributed by atoms with Crippen LogP contribution in [0.5, 0.6) is 0 Å². The number of thioether (sulfide) groups is 1. The molecule has 0 bridgehead atoms. The molecule has 3 rings (SSSR count). The van der Waals surface area contributed by atoms with E-state index >= 15 is 0 Å².